The molecule has 132 valence electrons. The van der Waals surface area contributed by atoms with Gasteiger partial charge in [0.1, 0.15) is 5.82 Å². The van der Waals surface area contributed by atoms with Crippen LogP contribution in [0, 0.1) is 5.82 Å². The van der Waals surface area contributed by atoms with Gasteiger partial charge in [-0.25, -0.2) is 4.39 Å². The lowest BCUT2D eigenvalue weighted by Gasteiger charge is -2.31. The summed E-state index contributed by atoms with van der Waals surface area (Å²) in [4.78, 5) is 18.4. The largest absolute Gasteiger partial charge is 0.420 e. The van der Waals surface area contributed by atoms with Crippen molar-refractivity contribution >= 4 is 5.91 Å². The van der Waals surface area contributed by atoms with E-state index in [1.165, 1.54) is 6.07 Å². The number of amides is 1. The SMILES string of the molecule is O=C(c1cccnc1)N1CCC[C@@H](c2nnc(-c3ccccc3F)o2)C1. The number of halogens is 1. The van der Waals surface area contributed by atoms with Crippen molar-refractivity contribution in [2.24, 2.45) is 0 Å². The lowest BCUT2D eigenvalue weighted by atomic mass is 9.97. The molecule has 1 aliphatic rings. The summed E-state index contributed by atoms with van der Waals surface area (Å²) < 4.78 is 19.6. The van der Waals surface area contributed by atoms with Crippen molar-refractivity contribution in [2.75, 3.05) is 13.1 Å². The molecule has 1 aromatic carbocycles. The maximum absolute atomic E-state index is 13.9. The number of likely N-dealkylation sites (tertiary alicyclic amines) is 1. The Kier molecular flexibility index (Phi) is 4.43. The fourth-order valence-electron chi connectivity index (χ4n) is 3.18. The van der Waals surface area contributed by atoms with E-state index in [-0.39, 0.29) is 23.3 Å². The third-order valence-corrected chi connectivity index (χ3v) is 4.51. The van der Waals surface area contributed by atoms with E-state index in [1.54, 1.807) is 47.6 Å². The van der Waals surface area contributed by atoms with Crippen molar-refractivity contribution in [3.8, 4) is 11.5 Å². The van der Waals surface area contributed by atoms with Gasteiger partial charge >= 0.3 is 0 Å². The highest BCUT2D eigenvalue weighted by Gasteiger charge is 2.29. The van der Waals surface area contributed by atoms with Crippen LogP contribution in [0.25, 0.3) is 11.5 Å². The summed E-state index contributed by atoms with van der Waals surface area (Å²) in [5, 5.41) is 8.07. The molecule has 1 fully saturated rings. The number of hydrogen-bond donors (Lipinski definition) is 0. The van der Waals surface area contributed by atoms with Gasteiger partial charge in [0.15, 0.2) is 0 Å². The monoisotopic (exact) mass is 352 g/mol. The summed E-state index contributed by atoms with van der Waals surface area (Å²) >= 11 is 0. The van der Waals surface area contributed by atoms with Crippen LogP contribution >= 0.6 is 0 Å². The predicted octanol–water partition coefficient (Wildman–Crippen LogP) is 3.29. The zero-order chi connectivity index (χ0) is 17.9. The molecule has 1 aliphatic heterocycles. The van der Waals surface area contributed by atoms with Gasteiger partial charge in [0, 0.05) is 25.5 Å². The highest BCUT2D eigenvalue weighted by atomic mass is 19.1. The normalized spacial score (nSPS) is 17.3. The molecule has 1 amide bonds. The van der Waals surface area contributed by atoms with E-state index in [1.807, 2.05) is 0 Å². The number of hydrogen-bond acceptors (Lipinski definition) is 5. The van der Waals surface area contributed by atoms with Crippen LogP contribution in [0.5, 0.6) is 0 Å². The van der Waals surface area contributed by atoms with Crippen LogP contribution in [0.1, 0.15) is 35.0 Å². The maximum atomic E-state index is 13.9. The quantitative estimate of drug-likeness (QED) is 0.723. The van der Waals surface area contributed by atoms with Crippen molar-refractivity contribution in [3.63, 3.8) is 0 Å². The second-order valence-corrected chi connectivity index (χ2v) is 6.26. The minimum atomic E-state index is -0.403. The van der Waals surface area contributed by atoms with E-state index < -0.39 is 5.82 Å². The molecule has 1 saturated heterocycles. The zero-order valence-electron chi connectivity index (χ0n) is 14.0. The summed E-state index contributed by atoms with van der Waals surface area (Å²) in [5.74, 6) is 0.0783. The van der Waals surface area contributed by atoms with Crippen LogP contribution in [0.2, 0.25) is 0 Å². The van der Waals surface area contributed by atoms with Crippen LogP contribution in [0.4, 0.5) is 4.39 Å². The molecular formula is C19H17FN4O2. The van der Waals surface area contributed by atoms with E-state index in [0.717, 1.165) is 12.8 Å². The summed E-state index contributed by atoms with van der Waals surface area (Å²) in [5.41, 5.74) is 0.844. The maximum Gasteiger partial charge on any atom is 0.255 e. The van der Waals surface area contributed by atoms with Gasteiger partial charge in [0.05, 0.1) is 17.0 Å². The summed E-state index contributed by atoms with van der Waals surface area (Å²) in [6, 6.07) is 9.78. The number of carbonyl (C=O) groups is 1. The lowest BCUT2D eigenvalue weighted by molar-refractivity contribution is 0.0698. The first-order valence-corrected chi connectivity index (χ1v) is 8.50. The van der Waals surface area contributed by atoms with E-state index in [2.05, 4.69) is 15.2 Å². The summed E-state index contributed by atoms with van der Waals surface area (Å²) in [7, 11) is 0. The van der Waals surface area contributed by atoms with Gasteiger partial charge in [0.2, 0.25) is 5.89 Å². The first-order valence-electron chi connectivity index (χ1n) is 8.50. The Balaban J connectivity index is 1.52. The molecule has 4 rings (SSSR count). The van der Waals surface area contributed by atoms with Crippen molar-refractivity contribution < 1.29 is 13.6 Å². The molecule has 1 atom stereocenters. The number of piperidine rings is 1. The Bertz CT molecular complexity index is 913. The van der Waals surface area contributed by atoms with E-state index >= 15 is 0 Å². The average molecular weight is 352 g/mol. The first-order chi connectivity index (χ1) is 12.7. The highest BCUT2D eigenvalue weighted by Crippen LogP contribution is 2.29. The number of benzene rings is 1. The molecule has 0 radical (unpaired) electrons. The van der Waals surface area contributed by atoms with Gasteiger partial charge in [-0.1, -0.05) is 12.1 Å². The smallest absolute Gasteiger partial charge is 0.255 e. The minimum absolute atomic E-state index is 0.0580. The molecule has 0 N–H and O–H groups in total. The Labute approximate surface area is 149 Å². The van der Waals surface area contributed by atoms with Crippen LogP contribution < -0.4 is 0 Å². The number of nitrogens with zero attached hydrogens (tertiary/aromatic N) is 4. The van der Waals surface area contributed by atoms with Crippen LogP contribution in [-0.2, 0) is 0 Å². The van der Waals surface area contributed by atoms with Gasteiger partial charge < -0.3 is 9.32 Å². The molecule has 0 aliphatic carbocycles. The predicted molar refractivity (Wildman–Crippen MR) is 91.8 cm³/mol. The van der Waals surface area contributed by atoms with E-state index in [4.69, 9.17) is 4.42 Å². The van der Waals surface area contributed by atoms with E-state index in [0.29, 0.717) is 24.5 Å². The average Bonchev–Trinajstić information content (AvgIpc) is 3.18. The van der Waals surface area contributed by atoms with Crippen molar-refractivity contribution in [1.29, 1.82) is 0 Å². The van der Waals surface area contributed by atoms with Gasteiger partial charge in [-0.3, -0.25) is 9.78 Å². The van der Waals surface area contributed by atoms with Crippen LogP contribution in [-0.4, -0.2) is 39.1 Å². The molecule has 0 unspecified atom stereocenters. The lowest BCUT2D eigenvalue weighted by Crippen LogP contribution is -2.39. The molecule has 6 nitrogen and oxygen atoms in total. The molecule has 3 heterocycles. The molecule has 3 aromatic rings. The zero-order valence-corrected chi connectivity index (χ0v) is 14.0. The second kappa shape index (κ2) is 7.03. The fraction of sp³-hybridized carbons (Fsp3) is 0.263. The summed E-state index contributed by atoms with van der Waals surface area (Å²) in [6.07, 6.45) is 4.89. The van der Waals surface area contributed by atoms with Crippen LogP contribution in [0.15, 0.2) is 53.2 Å². The van der Waals surface area contributed by atoms with E-state index in [9.17, 15) is 9.18 Å². The molecule has 0 bridgehead atoms. The Morgan fingerprint density at radius 2 is 2.08 bits per heavy atom. The Hall–Kier alpha value is -3.09. The standard InChI is InChI=1S/C19H17FN4O2/c20-16-8-2-1-7-15(16)18-23-22-17(26-18)14-6-4-10-24(12-14)19(25)13-5-3-9-21-11-13/h1-3,5,7-9,11,14H,4,6,10,12H2/t14-/m1/s1. The first kappa shape index (κ1) is 16.4. The van der Waals surface area contributed by atoms with Crippen molar-refractivity contribution in [3.05, 3.63) is 66.1 Å². The van der Waals surface area contributed by atoms with Crippen molar-refractivity contribution in [2.45, 2.75) is 18.8 Å². The Morgan fingerprint density at radius 1 is 1.19 bits per heavy atom. The third kappa shape index (κ3) is 3.20. The molecular weight excluding hydrogens is 335 g/mol. The number of aromatic nitrogens is 3. The van der Waals surface area contributed by atoms with Gasteiger partial charge in [0.25, 0.3) is 11.8 Å². The minimum Gasteiger partial charge on any atom is -0.420 e. The summed E-state index contributed by atoms with van der Waals surface area (Å²) in [6.45, 7) is 1.17. The van der Waals surface area contributed by atoms with Gasteiger partial charge in [-0.15, -0.1) is 10.2 Å². The second-order valence-electron chi connectivity index (χ2n) is 6.26. The topological polar surface area (TPSA) is 72.1 Å². The molecule has 0 saturated carbocycles. The number of rotatable bonds is 3. The third-order valence-electron chi connectivity index (χ3n) is 4.51. The fourth-order valence-corrected chi connectivity index (χ4v) is 3.18. The molecule has 0 spiro atoms. The van der Waals surface area contributed by atoms with Gasteiger partial charge in [-0.05, 0) is 37.1 Å². The number of carbonyl (C=O) groups excluding carboxylic acids is 1. The molecule has 2 aromatic heterocycles. The number of pyridine rings is 1. The molecule has 7 heteroatoms. The van der Waals surface area contributed by atoms with Crippen LogP contribution in [0.3, 0.4) is 0 Å². The highest BCUT2D eigenvalue weighted by molar-refractivity contribution is 5.93. The van der Waals surface area contributed by atoms with Gasteiger partial charge in [-0.2, -0.15) is 0 Å². The Morgan fingerprint density at radius 3 is 2.88 bits per heavy atom. The molecule has 26 heavy (non-hydrogen) atoms. The van der Waals surface area contributed by atoms with Crippen molar-refractivity contribution in [1.82, 2.24) is 20.1 Å².